The molecule has 4 aromatic heterocycles. The zero-order chi connectivity index (χ0) is 23.3. The molecule has 0 unspecified atom stereocenters. The number of hydrogen-bond acceptors (Lipinski definition) is 4. The lowest BCUT2D eigenvalue weighted by Crippen LogP contribution is -2.15. The average molecular weight is 453 g/mol. The van der Waals surface area contributed by atoms with Crippen LogP contribution < -0.4 is 0 Å². The highest BCUT2D eigenvalue weighted by Gasteiger charge is 2.37. The van der Waals surface area contributed by atoms with Crippen LogP contribution in [0.25, 0.3) is 66.5 Å². The van der Waals surface area contributed by atoms with E-state index in [2.05, 4.69) is 50.2 Å². The van der Waals surface area contributed by atoms with E-state index in [0.29, 0.717) is 0 Å². The van der Waals surface area contributed by atoms with Gasteiger partial charge in [0.25, 0.3) is 0 Å². The third-order valence-corrected chi connectivity index (χ3v) is 7.54. The van der Waals surface area contributed by atoms with Gasteiger partial charge in [-0.05, 0) is 41.5 Å². The van der Waals surface area contributed by atoms with Crippen LogP contribution in [0.4, 0.5) is 0 Å². The standard InChI is InChI=1S/C31H20N2O2/c1-31(2)21-10-7-15-32-27(21)28-22(31)13-14-23(33-28)20-16-19-17-8-3-5-11-24(17)34-29(19)26-18-9-4-6-12-25(18)35-30(20)26/h3-16H,1-2H3. The molecule has 0 atom stereocenters. The number of aromatic nitrogens is 2. The second kappa shape index (κ2) is 6.36. The average Bonchev–Trinajstić information content (AvgIpc) is 3.52. The minimum atomic E-state index is -0.135. The first-order valence-corrected chi connectivity index (χ1v) is 11.8. The summed E-state index contributed by atoms with van der Waals surface area (Å²) in [5.74, 6) is 0. The second-order valence-electron chi connectivity index (χ2n) is 9.82. The number of furan rings is 2. The van der Waals surface area contributed by atoms with Gasteiger partial charge < -0.3 is 8.83 Å². The molecule has 1 aliphatic carbocycles. The van der Waals surface area contributed by atoms with Crippen molar-refractivity contribution in [3.8, 4) is 22.6 Å². The molecule has 7 aromatic rings. The fourth-order valence-electron chi connectivity index (χ4n) is 5.79. The van der Waals surface area contributed by atoms with Crippen molar-refractivity contribution >= 4 is 43.9 Å². The summed E-state index contributed by atoms with van der Waals surface area (Å²) in [6, 6.07) is 27.0. The van der Waals surface area contributed by atoms with E-state index in [9.17, 15) is 0 Å². The highest BCUT2D eigenvalue weighted by Crippen LogP contribution is 2.48. The molecule has 4 nitrogen and oxygen atoms in total. The van der Waals surface area contributed by atoms with Crippen molar-refractivity contribution in [2.24, 2.45) is 0 Å². The molecule has 0 aliphatic heterocycles. The van der Waals surface area contributed by atoms with Crippen molar-refractivity contribution in [2.75, 3.05) is 0 Å². The Labute approximate surface area is 200 Å². The molecule has 0 spiro atoms. The first-order valence-electron chi connectivity index (χ1n) is 11.8. The van der Waals surface area contributed by atoms with Crippen LogP contribution in [0.5, 0.6) is 0 Å². The summed E-state index contributed by atoms with van der Waals surface area (Å²) in [4.78, 5) is 9.91. The molecule has 3 aromatic carbocycles. The van der Waals surface area contributed by atoms with E-state index in [1.165, 1.54) is 11.1 Å². The predicted octanol–water partition coefficient (Wildman–Crippen LogP) is 8.25. The molecular formula is C31H20N2O2. The zero-order valence-corrected chi connectivity index (χ0v) is 19.3. The predicted molar refractivity (Wildman–Crippen MR) is 140 cm³/mol. The van der Waals surface area contributed by atoms with Crippen LogP contribution in [0.2, 0.25) is 0 Å². The molecule has 0 saturated heterocycles. The van der Waals surface area contributed by atoms with Crippen molar-refractivity contribution in [3.63, 3.8) is 0 Å². The molecule has 166 valence electrons. The first-order chi connectivity index (χ1) is 17.1. The topological polar surface area (TPSA) is 52.1 Å². The van der Waals surface area contributed by atoms with Crippen molar-refractivity contribution < 1.29 is 8.83 Å². The molecule has 0 saturated carbocycles. The fraction of sp³-hybridized carbons (Fsp3) is 0.0968. The molecule has 4 heterocycles. The summed E-state index contributed by atoms with van der Waals surface area (Å²) in [6.07, 6.45) is 1.85. The van der Waals surface area contributed by atoms with Gasteiger partial charge in [-0.2, -0.15) is 0 Å². The van der Waals surface area contributed by atoms with Gasteiger partial charge in [0.15, 0.2) is 0 Å². The van der Waals surface area contributed by atoms with Crippen LogP contribution in [-0.4, -0.2) is 9.97 Å². The highest BCUT2D eigenvalue weighted by atomic mass is 16.3. The Morgan fingerprint density at radius 1 is 0.657 bits per heavy atom. The van der Waals surface area contributed by atoms with Gasteiger partial charge >= 0.3 is 0 Å². The quantitative estimate of drug-likeness (QED) is 0.252. The maximum absolute atomic E-state index is 6.46. The molecule has 1 aliphatic rings. The van der Waals surface area contributed by atoms with E-state index in [1.54, 1.807) is 0 Å². The number of pyridine rings is 2. The van der Waals surface area contributed by atoms with E-state index in [4.69, 9.17) is 18.8 Å². The van der Waals surface area contributed by atoms with Crippen LogP contribution in [0.15, 0.2) is 93.9 Å². The van der Waals surface area contributed by atoms with Crippen molar-refractivity contribution in [3.05, 3.63) is 96.2 Å². The Morgan fingerprint density at radius 2 is 1.37 bits per heavy atom. The number of rotatable bonds is 1. The number of fused-ring (bicyclic) bond motifs is 10. The fourth-order valence-corrected chi connectivity index (χ4v) is 5.79. The SMILES string of the molecule is CC1(C)c2cccnc2-c2nc(-c3cc4c5ccccc5oc4c4c3oc3ccccc34)ccc21. The van der Waals surface area contributed by atoms with Crippen LogP contribution >= 0.6 is 0 Å². The Morgan fingerprint density at radius 3 is 2.23 bits per heavy atom. The molecule has 35 heavy (non-hydrogen) atoms. The summed E-state index contributed by atoms with van der Waals surface area (Å²) in [7, 11) is 0. The summed E-state index contributed by atoms with van der Waals surface area (Å²) in [5, 5.41) is 4.19. The van der Waals surface area contributed by atoms with Crippen molar-refractivity contribution in [1.29, 1.82) is 0 Å². The lowest BCUT2D eigenvalue weighted by Gasteiger charge is -2.20. The van der Waals surface area contributed by atoms with E-state index < -0.39 is 0 Å². The normalized spacial score (nSPS) is 14.2. The highest BCUT2D eigenvalue weighted by molar-refractivity contribution is 6.25. The van der Waals surface area contributed by atoms with Gasteiger partial charge in [0, 0.05) is 33.3 Å². The largest absolute Gasteiger partial charge is 0.455 e. The number of nitrogens with zero attached hydrogens (tertiary/aromatic N) is 2. The summed E-state index contributed by atoms with van der Waals surface area (Å²) < 4.78 is 12.8. The van der Waals surface area contributed by atoms with Gasteiger partial charge in [-0.1, -0.05) is 62.4 Å². The van der Waals surface area contributed by atoms with Gasteiger partial charge in [-0.25, -0.2) is 4.98 Å². The summed E-state index contributed by atoms with van der Waals surface area (Å²) >= 11 is 0. The molecular weight excluding hydrogens is 432 g/mol. The summed E-state index contributed by atoms with van der Waals surface area (Å²) in [6.45, 7) is 4.48. The molecule has 8 rings (SSSR count). The Kier molecular flexibility index (Phi) is 3.44. The van der Waals surface area contributed by atoms with E-state index >= 15 is 0 Å². The summed E-state index contributed by atoms with van der Waals surface area (Å²) in [5.41, 5.74) is 9.37. The zero-order valence-electron chi connectivity index (χ0n) is 19.3. The minimum Gasteiger partial charge on any atom is -0.455 e. The third kappa shape index (κ3) is 2.36. The van der Waals surface area contributed by atoms with Gasteiger partial charge in [-0.15, -0.1) is 0 Å². The van der Waals surface area contributed by atoms with E-state index in [1.807, 2.05) is 48.7 Å². The van der Waals surface area contributed by atoms with E-state index in [-0.39, 0.29) is 5.41 Å². The number of benzene rings is 3. The lowest BCUT2D eigenvalue weighted by molar-refractivity contribution is 0.657. The number of hydrogen-bond donors (Lipinski definition) is 0. The number of para-hydroxylation sites is 2. The second-order valence-corrected chi connectivity index (χ2v) is 9.82. The van der Waals surface area contributed by atoms with Gasteiger partial charge in [0.05, 0.1) is 22.5 Å². The molecule has 0 bridgehead atoms. The monoisotopic (exact) mass is 452 g/mol. The van der Waals surface area contributed by atoms with Crippen molar-refractivity contribution in [1.82, 2.24) is 9.97 Å². The maximum Gasteiger partial charge on any atom is 0.148 e. The Hall–Kier alpha value is -4.44. The van der Waals surface area contributed by atoms with Crippen LogP contribution in [-0.2, 0) is 5.41 Å². The molecule has 0 radical (unpaired) electrons. The lowest BCUT2D eigenvalue weighted by atomic mass is 9.83. The molecule has 0 N–H and O–H groups in total. The first kappa shape index (κ1) is 18.9. The van der Waals surface area contributed by atoms with E-state index in [0.717, 1.165) is 66.5 Å². The molecule has 0 fully saturated rings. The van der Waals surface area contributed by atoms with Crippen LogP contribution in [0.1, 0.15) is 25.0 Å². The van der Waals surface area contributed by atoms with Crippen molar-refractivity contribution in [2.45, 2.75) is 19.3 Å². The minimum absolute atomic E-state index is 0.135. The van der Waals surface area contributed by atoms with Crippen LogP contribution in [0.3, 0.4) is 0 Å². The smallest absolute Gasteiger partial charge is 0.148 e. The van der Waals surface area contributed by atoms with Crippen LogP contribution in [0, 0.1) is 0 Å². The van der Waals surface area contributed by atoms with Gasteiger partial charge in [0.2, 0.25) is 0 Å². The van der Waals surface area contributed by atoms with Gasteiger partial charge in [0.1, 0.15) is 22.3 Å². The van der Waals surface area contributed by atoms with Gasteiger partial charge in [-0.3, -0.25) is 4.98 Å². The Balaban J connectivity index is 1.51. The Bertz CT molecular complexity index is 1990. The molecule has 0 amide bonds. The maximum atomic E-state index is 6.46. The third-order valence-electron chi connectivity index (χ3n) is 7.54. The molecule has 4 heteroatoms.